The van der Waals surface area contributed by atoms with Crippen molar-refractivity contribution in [3.63, 3.8) is 0 Å². The number of esters is 1. The van der Waals surface area contributed by atoms with E-state index in [2.05, 4.69) is 15.4 Å². The van der Waals surface area contributed by atoms with Crippen LogP contribution < -0.4 is 10.1 Å². The van der Waals surface area contributed by atoms with Crippen molar-refractivity contribution in [3.8, 4) is 11.4 Å². The lowest BCUT2D eigenvalue weighted by atomic mass is 10.1. The third kappa shape index (κ3) is 6.05. The zero-order valence-corrected chi connectivity index (χ0v) is 17.9. The fourth-order valence-corrected chi connectivity index (χ4v) is 2.97. The van der Waals surface area contributed by atoms with Crippen LogP contribution in [0.25, 0.3) is 5.69 Å². The molecule has 0 radical (unpaired) electrons. The molecule has 2 aromatic heterocycles. The van der Waals surface area contributed by atoms with Crippen molar-refractivity contribution < 1.29 is 36.7 Å². The number of halogens is 3. The van der Waals surface area contributed by atoms with Crippen LogP contribution in [0.1, 0.15) is 21.9 Å². The zero-order valence-electron chi connectivity index (χ0n) is 17.9. The highest BCUT2D eigenvalue weighted by Gasteiger charge is 2.31. The van der Waals surface area contributed by atoms with Gasteiger partial charge < -0.3 is 19.2 Å². The van der Waals surface area contributed by atoms with Gasteiger partial charge in [0.05, 0.1) is 16.9 Å². The first-order valence-electron chi connectivity index (χ1n) is 10.1. The number of nitrogens with zero attached hydrogens (tertiary/aromatic N) is 3. The van der Waals surface area contributed by atoms with Gasteiger partial charge in [-0.25, -0.2) is 14.5 Å². The van der Waals surface area contributed by atoms with Crippen LogP contribution in [0.2, 0.25) is 0 Å². The Hall–Kier alpha value is -4.61. The van der Waals surface area contributed by atoms with Gasteiger partial charge in [-0.05, 0) is 42.5 Å². The van der Waals surface area contributed by atoms with Gasteiger partial charge in [-0.2, -0.15) is 18.3 Å². The lowest BCUT2D eigenvalue weighted by Crippen LogP contribution is -2.22. The van der Waals surface area contributed by atoms with Gasteiger partial charge in [0.1, 0.15) is 30.8 Å². The summed E-state index contributed by atoms with van der Waals surface area (Å²) in [6, 6.07) is 14.6. The van der Waals surface area contributed by atoms with E-state index in [1.54, 1.807) is 24.3 Å². The molecule has 1 N–H and O–H groups in total. The highest BCUT2D eigenvalue weighted by molar-refractivity contribution is 5.96. The fraction of sp³-hybridized carbons (Fsp3) is 0.130. The van der Waals surface area contributed by atoms with Crippen LogP contribution in [0.5, 0.6) is 5.75 Å². The van der Waals surface area contributed by atoms with Crippen molar-refractivity contribution in [2.24, 2.45) is 0 Å². The van der Waals surface area contributed by atoms with E-state index in [9.17, 15) is 22.8 Å². The summed E-state index contributed by atoms with van der Waals surface area (Å²) < 4.78 is 56.4. The second-order valence-corrected chi connectivity index (χ2v) is 7.06. The number of furan rings is 1. The topological polar surface area (TPSA) is 108 Å². The molecular formula is C23H17F3N4O5. The third-order valence-electron chi connectivity index (χ3n) is 4.59. The molecular weight excluding hydrogens is 469 g/mol. The van der Waals surface area contributed by atoms with E-state index >= 15 is 0 Å². The molecule has 35 heavy (non-hydrogen) atoms. The number of amides is 1. The standard InChI is InChI=1S/C23H17F3N4O5/c24-23(25,26)15-6-8-19(30-14-27-13-28-30)18(10-15)29-21(31)12-34-22(32)20-9-7-17(35-20)11-33-16-4-2-1-3-5-16/h1-10,13-14H,11-12H2,(H,29,31). The number of alkyl halides is 3. The number of hydrogen-bond acceptors (Lipinski definition) is 7. The largest absolute Gasteiger partial charge is 0.486 e. The van der Waals surface area contributed by atoms with Crippen LogP contribution in [0.3, 0.4) is 0 Å². The van der Waals surface area contributed by atoms with Gasteiger partial charge in [-0.1, -0.05) is 18.2 Å². The third-order valence-corrected chi connectivity index (χ3v) is 4.59. The molecule has 0 bridgehead atoms. The minimum Gasteiger partial charge on any atom is -0.486 e. The van der Waals surface area contributed by atoms with Gasteiger partial charge in [0.25, 0.3) is 5.91 Å². The fourth-order valence-electron chi connectivity index (χ4n) is 2.97. The number of nitrogens with one attached hydrogen (secondary N) is 1. The van der Waals surface area contributed by atoms with Crippen LogP contribution in [0.15, 0.2) is 77.7 Å². The van der Waals surface area contributed by atoms with E-state index in [4.69, 9.17) is 13.9 Å². The maximum Gasteiger partial charge on any atom is 0.416 e. The highest BCUT2D eigenvalue weighted by atomic mass is 19.4. The molecule has 0 unspecified atom stereocenters. The van der Waals surface area contributed by atoms with Crippen molar-refractivity contribution in [2.75, 3.05) is 11.9 Å². The molecule has 0 fully saturated rings. The maximum absolute atomic E-state index is 13.1. The molecule has 1 amide bonds. The molecule has 4 rings (SSSR count). The minimum absolute atomic E-state index is 0.0678. The first-order chi connectivity index (χ1) is 16.8. The van der Waals surface area contributed by atoms with Gasteiger partial charge in [0.15, 0.2) is 6.61 Å². The molecule has 0 aliphatic rings. The molecule has 12 heteroatoms. The van der Waals surface area contributed by atoms with Gasteiger partial charge in [-0.3, -0.25) is 4.79 Å². The predicted molar refractivity (Wildman–Crippen MR) is 115 cm³/mol. The monoisotopic (exact) mass is 486 g/mol. The molecule has 0 spiro atoms. The number of benzene rings is 2. The lowest BCUT2D eigenvalue weighted by Gasteiger charge is -2.14. The van der Waals surface area contributed by atoms with Crippen molar-refractivity contribution >= 4 is 17.6 Å². The predicted octanol–water partition coefficient (Wildman–Crippen LogP) is 4.25. The van der Waals surface area contributed by atoms with E-state index in [1.807, 2.05) is 6.07 Å². The van der Waals surface area contributed by atoms with Crippen molar-refractivity contribution in [2.45, 2.75) is 12.8 Å². The van der Waals surface area contributed by atoms with E-state index in [1.165, 1.54) is 29.5 Å². The van der Waals surface area contributed by atoms with Crippen LogP contribution in [0.4, 0.5) is 18.9 Å². The Kier molecular flexibility index (Phi) is 6.81. The molecule has 0 saturated heterocycles. The Balaban J connectivity index is 1.37. The van der Waals surface area contributed by atoms with Crippen LogP contribution in [-0.4, -0.2) is 33.2 Å². The van der Waals surface area contributed by atoms with E-state index in [-0.39, 0.29) is 23.7 Å². The Labute approximate surface area is 196 Å². The number of aromatic nitrogens is 3. The summed E-state index contributed by atoms with van der Waals surface area (Å²) in [5, 5.41) is 6.17. The Morgan fingerprint density at radius 3 is 2.57 bits per heavy atom. The summed E-state index contributed by atoms with van der Waals surface area (Å²) in [7, 11) is 0. The Morgan fingerprint density at radius 1 is 1.06 bits per heavy atom. The van der Waals surface area contributed by atoms with Crippen molar-refractivity contribution in [1.29, 1.82) is 0 Å². The summed E-state index contributed by atoms with van der Waals surface area (Å²) in [6.45, 7) is -0.694. The number of anilines is 1. The number of rotatable bonds is 8. The normalized spacial score (nSPS) is 11.2. The van der Waals surface area contributed by atoms with Crippen molar-refractivity contribution in [3.05, 3.63) is 90.4 Å². The Bertz CT molecular complexity index is 1300. The molecule has 2 heterocycles. The second-order valence-electron chi connectivity index (χ2n) is 7.06. The average molecular weight is 486 g/mol. The summed E-state index contributed by atoms with van der Waals surface area (Å²) in [6.07, 6.45) is -2.18. The first-order valence-corrected chi connectivity index (χ1v) is 10.1. The number of hydrogen-bond donors (Lipinski definition) is 1. The molecule has 9 nitrogen and oxygen atoms in total. The van der Waals surface area contributed by atoms with Crippen LogP contribution in [0, 0.1) is 0 Å². The molecule has 0 saturated carbocycles. The molecule has 2 aromatic carbocycles. The number of ether oxygens (including phenoxy) is 2. The molecule has 0 aliphatic heterocycles. The summed E-state index contributed by atoms with van der Waals surface area (Å²) >= 11 is 0. The number of para-hydroxylation sites is 1. The molecule has 4 aromatic rings. The summed E-state index contributed by atoms with van der Waals surface area (Å²) in [5.41, 5.74) is -1.02. The minimum atomic E-state index is -4.63. The van der Waals surface area contributed by atoms with Crippen LogP contribution >= 0.6 is 0 Å². The molecule has 0 atom stereocenters. The average Bonchev–Trinajstić information content (AvgIpc) is 3.54. The first kappa shape index (κ1) is 23.5. The van der Waals surface area contributed by atoms with E-state index in [0.717, 1.165) is 18.2 Å². The van der Waals surface area contributed by atoms with Gasteiger partial charge in [0.2, 0.25) is 5.76 Å². The van der Waals surface area contributed by atoms with Gasteiger partial charge >= 0.3 is 12.1 Å². The maximum atomic E-state index is 13.1. The SMILES string of the molecule is O=C(COC(=O)c1ccc(COc2ccccc2)o1)Nc1cc(C(F)(F)F)ccc1-n1cncn1. The number of carbonyl (C=O) groups is 2. The van der Waals surface area contributed by atoms with E-state index < -0.39 is 30.2 Å². The molecule has 0 aliphatic carbocycles. The van der Waals surface area contributed by atoms with Gasteiger partial charge in [0, 0.05) is 0 Å². The highest BCUT2D eigenvalue weighted by Crippen LogP contribution is 2.33. The zero-order chi connectivity index (χ0) is 24.8. The van der Waals surface area contributed by atoms with E-state index in [0.29, 0.717) is 11.5 Å². The number of carbonyl (C=O) groups excluding carboxylic acids is 2. The lowest BCUT2D eigenvalue weighted by molar-refractivity contribution is -0.137. The smallest absolute Gasteiger partial charge is 0.416 e. The molecule has 180 valence electrons. The van der Waals surface area contributed by atoms with Gasteiger partial charge in [-0.15, -0.1) is 0 Å². The Morgan fingerprint density at radius 2 is 1.86 bits per heavy atom. The second kappa shape index (κ2) is 10.1. The van der Waals surface area contributed by atoms with Crippen LogP contribution in [-0.2, 0) is 22.3 Å². The summed E-state index contributed by atoms with van der Waals surface area (Å²) in [5.74, 6) is -0.979. The summed E-state index contributed by atoms with van der Waals surface area (Å²) in [4.78, 5) is 28.3. The quantitative estimate of drug-likeness (QED) is 0.371. The van der Waals surface area contributed by atoms with Crippen molar-refractivity contribution in [1.82, 2.24) is 14.8 Å².